The fourth-order valence-electron chi connectivity index (χ4n) is 2.45. The molecule has 2 heterocycles. The Morgan fingerprint density at radius 2 is 2.04 bits per heavy atom. The van der Waals surface area contributed by atoms with Crippen molar-refractivity contribution in [2.24, 2.45) is 0 Å². The molecule has 1 amide bonds. The van der Waals surface area contributed by atoms with Crippen molar-refractivity contribution in [3.63, 3.8) is 0 Å². The van der Waals surface area contributed by atoms with E-state index in [1.54, 1.807) is 54.7 Å². The minimum Gasteiger partial charge on any atom is -0.484 e. The Kier molecular flexibility index (Phi) is 5.70. The summed E-state index contributed by atoms with van der Waals surface area (Å²) in [6.07, 6.45) is 1.56. The van der Waals surface area contributed by atoms with E-state index in [0.717, 1.165) is 5.39 Å². The Labute approximate surface area is 149 Å². The number of ether oxygens (including phenoxy) is 2. The molecular formula is C19H19NO6. The van der Waals surface area contributed by atoms with Gasteiger partial charge in [-0.15, -0.1) is 0 Å². The van der Waals surface area contributed by atoms with E-state index < -0.39 is 5.63 Å². The maximum absolute atomic E-state index is 12.5. The molecule has 0 N–H and O–H groups in total. The van der Waals surface area contributed by atoms with Gasteiger partial charge in [-0.2, -0.15) is 0 Å². The number of hydrogen-bond acceptors (Lipinski definition) is 6. The van der Waals surface area contributed by atoms with Crippen LogP contribution < -0.4 is 10.4 Å². The van der Waals surface area contributed by atoms with Crippen LogP contribution in [0, 0.1) is 0 Å². The first-order chi connectivity index (χ1) is 12.7. The Hall–Kier alpha value is -3.06. The molecule has 7 nitrogen and oxygen atoms in total. The van der Waals surface area contributed by atoms with Crippen LogP contribution in [-0.2, 0) is 16.1 Å². The van der Waals surface area contributed by atoms with Gasteiger partial charge in [-0.05, 0) is 30.3 Å². The number of fused-ring (bicyclic) bond motifs is 1. The second kappa shape index (κ2) is 8.35. The Bertz CT molecular complexity index is 915. The van der Waals surface area contributed by atoms with E-state index in [1.807, 2.05) is 0 Å². The molecule has 0 saturated heterocycles. The first-order valence-electron chi connectivity index (χ1n) is 8.11. The number of carbonyl (C=O) groups is 1. The molecule has 0 aliphatic heterocycles. The third-order valence-electron chi connectivity index (χ3n) is 3.80. The van der Waals surface area contributed by atoms with Crippen LogP contribution in [0.25, 0.3) is 11.0 Å². The van der Waals surface area contributed by atoms with Crippen LogP contribution in [0.15, 0.2) is 62.4 Å². The molecule has 0 aliphatic rings. The van der Waals surface area contributed by atoms with Crippen molar-refractivity contribution in [2.75, 3.05) is 26.9 Å². The van der Waals surface area contributed by atoms with Gasteiger partial charge in [0.2, 0.25) is 0 Å². The number of carbonyl (C=O) groups excluding carboxylic acids is 1. The summed E-state index contributed by atoms with van der Waals surface area (Å²) < 4.78 is 21.0. The fraction of sp³-hybridized carbons (Fsp3) is 0.263. The zero-order valence-electron chi connectivity index (χ0n) is 14.3. The zero-order valence-corrected chi connectivity index (χ0v) is 14.3. The molecule has 7 heteroatoms. The molecule has 136 valence electrons. The van der Waals surface area contributed by atoms with Crippen LogP contribution in [0.5, 0.6) is 5.75 Å². The van der Waals surface area contributed by atoms with Crippen LogP contribution in [0.3, 0.4) is 0 Å². The lowest BCUT2D eigenvalue weighted by Gasteiger charge is -2.21. The van der Waals surface area contributed by atoms with Crippen molar-refractivity contribution in [1.29, 1.82) is 0 Å². The van der Waals surface area contributed by atoms with Gasteiger partial charge in [-0.3, -0.25) is 4.79 Å². The van der Waals surface area contributed by atoms with Gasteiger partial charge in [0.15, 0.2) is 6.61 Å². The van der Waals surface area contributed by atoms with Crippen molar-refractivity contribution in [2.45, 2.75) is 6.54 Å². The van der Waals surface area contributed by atoms with E-state index in [0.29, 0.717) is 36.8 Å². The van der Waals surface area contributed by atoms with Crippen molar-refractivity contribution in [3.8, 4) is 5.75 Å². The van der Waals surface area contributed by atoms with Crippen LogP contribution >= 0.6 is 0 Å². The molecule has 26 heavy (non-hydrogen) atoms. The zero-order chi connectivity index (χ0) is 18.4. The summed E-state index contributed by atoms with van der Waals surface area (Å²) >= 11 is 0. The van der Waals surface area contributed by atoms with Gasteiger partial charge in [-0.25, -0.2) is 4.79 Å². The monoisotopic (exact) mass is 357 g/mol. The molecular weight excluding hydrogens is 338 g/mol. The maximum Gasteiger partial charge on any atom is 0.336 e. The summed E-state index contributed by atoms with van der Waals surface area (Å²) in [5, 5.41) is 0.780. The average molecular weight is 357 g/mol. The van der Waals surface area contributed by atoms with Gasteiger partial charge in [0.25, 0.3) is 5.91 Å². The molecule has 0 fully saturated rings. The van der Waals surface area contributed by atoms with Gasteiger partial charge in [0.1, 0.15) is 17.1 Å². The van der Waals surface area contributed by atoms with Gasteiger partial charge in [-0.1, -0.05) is 0 Å². The number of methoxy groups -OCH3 is 1. The predicted octanol–water partition coefficient (Wildman–Crippen LogP) is 2.44. The molecule has 0 saturated carbocycles. The Balaban J connectivity index is 1.65. The van der Waals surface area contributed by atoms with E-state index in [4.69, 9.17) is 18.3 Å². The van der Waals surface area contributed by atoms with Crippen molar-refractivity contribution < 1.29 is 23.1 Å². The highest BCUT2D eigenvalue weighted by Gasteiger charge is 2.16. The van der Waals surface area contributed by atoms with E-state index in [1.165, 1.54) is 6.07 Å². The Morgan fingerprint density at radius 3 is 2.81 bits per heavy atom. The number of nitrogens with zero attached hydrogens (tertiary/aromatic N) is 1. The predicted molar refractivity (Wildman–Crippen MR) is 94.0 cm³/mol. The van der Waals surface area contributed by atoms with Gasteiger partial charge in [0, 0.05) is 31.2 Å². The van der Waals surface area contributed by atoms with Crippen LogP contribution in [0.2, 0.25) is 0 Å². The normalized spacial score (nSPS) is 10.8. The molecule has 2 aromatic heterocycles. The summed E-state index contributed by atoms with van der Waals surface area (Å²) in [5.41, 5.74) is -0.0239. The van der Waals surface area contributed by atoms with E-state index >= 15 is 0 Å². The summed E-state index contributed by atoms with van der Waals surface area (Å²) in [4.78, 5) is 25.4. The largest absolute Gasteiger partial charge is 0.484 e. The molecule has 0 bridgehead atoms. The maximum atomic E-state index is 12.5. The van der Waals surface area contributed by atoms with E-state index in [9.17, 15) is 9.59 Å². The second-order valence-corrected chi connectivity index (χ2v) is 5.63. The first-order valence-corrected chi connectivity index (χ1v) is 8.11. The number of furan rings is 1. The van der Waals surface area contributed by atoms with Crippen molar-refractivity contribution in [1.82, 2.24) is 4.90 Å². The number of hydrogen-bond donors (Lipinski definition) is 0. The van der Waals surface area contributed by atoms with Crippen LogP contribution in [0.1, 0.15) is 5.76 Å². The van der Waals surface area contributed by atoms with Gasteiger partial charge >= 0.3 is 5.63 Å². The third kappa shape index (κ3) is 4.52. The molecule has 0 atom stereocenters. The van der Waals surface area contributed by atoms with Crippen LogP contribution in [-0.4, -0.2) is 37.7 Å². The molecule has 0 spiro atoms. The topological polar surface area (TPSA) is 82.1 Å². The average Bonchev–Trinajstić information content (AvgIpc) is 3.16. The van der Waals surface area contributed by atoms with Crippen molar-refractivity contribution in [3.05, 3.63) is 64.9 Å². The lowest BCUT2D eigenvalue weighted by atomic mass is 10.2. The SMILES string of the molecule is COCCN(Cc1ccco1)C(=O)COc1ccc2ccc(=O)oc2c1. The minimum absolute atomic E-state index is 0.146. The first kappa shape index (κ1) is 17.8. The minimum atomic E-state index is -0.435. The number of benzene rings is 1. The molecule has 0 radical (unpaired) electrons. The molecule has 0 aliphatic carbocycles. The van der Waals surface area contributed by atoms with Gasteiger partial charge < -0.3 is 23.2 Å². The summed E-state index contributed by atoms with van der Waals surface area (Å²) in [6.45, 7) is 1.03. The highest BCUT2D eigenvalue weighted by Crippen LogP contribution is 2.19. The summed E-state index contributed by atoms with van der Waals surface area (Å²) in [5.74, 6) is 0.930. The third-order valence-corrected chi connectivity index (χ3v) is 3.80. The molecule has 1 aromatic carbocycles. The van der Waals surface area contributed by atoms with E-state index in [2.05, 4.69) is 0 Å². The van der Waals surface area contributed by atoms with Crippen molar-refractivity contribution >= 4 is 16.9 Å². The molecule has 3 rings (SSSR count). The molecule has 3 aromatic rings. The lowest BCUT2D eigenvalue weighted by molar-refractivity contribution is -0.134. The fourth-order valence-corrected chi connectivity index (χ4v) is 2.45. The lowest BCUT2D eigenvalue weighted by Crippen LogP contribution is -2.36. The number of amides is 1. The summed E-state index contributed by atoms with van der Waals surface area (Å²) in [6, 6.07) is 11.7. The highest BCUT2D eigenvalue weighted by molar-refractivity contribution is 5.79. The molecule has 0 unspecified atom stereocenters. The Morgan fingerprint density at radius 1 is 1.19 bits per heavy atom. The highest BCUT2D eigenvalue weighted by atomic mass is 16.5. The smallest absolute Gasteiger partial charge is 0.336 e. The van der Waals surface area contributed by atoms with Crippen LogP contribution in [0.4, 0.5) is 0 Å². The second-order valence-electron chi connectivity index (χ2n) is 5.63. The standard InChI is InChI=1S/C19H19NO6/c1-23-10-8-20(12-16-3-2-9-24-16)18(21)13-25-15-6-4-14-5-7-19(22)26-17(14)11-15/h2-7,9,11H,8,10,12-13H2,1H3. The summed E-state index contributed by atoms with van der Waals surface area (Å²) in [7, 11) is 1.58. The quantitative estimate of drug-likeness (QED) is 0.576. The number of rotatable bonds is 8. The van der Waals surface area contributed by atoms with Gasteiger partial charge in [0.05, 0.1) is 19.4 Å². The van der Waals surface area contributed by atoms with E-state index in [-0.39, 0.29) is 12.5 Å².